The van der Waals surface area contributed by atoms with Crippen LogP contribution in [0.1, 0.15) is 12.5 Å². The minimum Gasteiger partial charge on any atom is -0.368 e. The van der Waals surface area contributed by atoms with E-state index in [0.29, 0.717) is 16.7 Å². The number of aromatic nitrogens is 3. The van der Waals surface area contributed by atoms with Crippen molar-refractivity contribution in [2.45, 2.75) is 23.9 Å². The number of amides is 1. The first-order valence-electron chi connectivity index (χ1n) is 5.92. The molecular weight excluding hydrogens is 298 g/mol. The van der Waals surface area contributed by atoms with E-state index in [1.807, 2.05) is 18.2 Å². The van der Waals surface area contributed by atoms with Gasteiger partial charge in [0, 0.05) is 11.6 Å². The van der Waals surface area contributed by atoms with Crippen LogP contribution in [0.15, 0.2) is 29.4 Å². The summed E-state index contributed by atoms with van der Waals surface area (Å²) in [5, 5.41) is 9.98. The van der Waals surface area contributed by atoms with E-state index in [0.717, 1.165) is 5.56 Å². The smallest absolute Gasteiger partial charge is 0.233 e. The highest BCUT2D eigenvalue weighted by atomic mass is 35.5. The fourth-order valence-electron chi connectivity index (χ4n) is 1.49. The third kappa shape index (κ3) is 3.88. The molecule has 1 aromatic heterocycles. The number of hydrogen-bond donors (Lipinski definition) is 3. The van der Waals surface area contributed by atoms with Gasteiger partial charge in [-0.05, 0) is 18.6 Å². The lowest BCUT2D eigenvalue weighted by Crippen LogP contribution is -2.30. The Hall–Kier alpha value is -1.73. The number of nitrogens with zero attached hydrogens (tertiary/aromatic N) is 2. The van der Waals surface area contributed by atoms with Gasteiger partial charge in [0.15, 0.2) is 0 Å². The van der Waals surface area contributed by atoms with E-state index < -0.39 is 0 Å². The number of halogens is 1. The number of thioether (sulfide) groups is 1. The molecule has 1 aromatic carbocycles. The molecule has 106 valence electrons. The Morgan fingerprint density at radius 3 is 2.95 bits per heavy atom. The maximum atomic E-state index is 12.0. The zero-order chi connectivity index (χ0) is 14.5. The van der Waals surface area contributed by atoms with Crippen molar-refractivity contribution < 1.29 is 4.79 Å². The average molecular weight is 312 g/mol. The number of H-pyrrole nitrogens is 1. The van der Waals surface area contributed by atoms with Crippen LogP contribution in [0.5, 0.6) is 0 Å². The molecule has 0 saturated carbocycles. The molecule has 0 aliphatic heterocycles. The van der Waals surface area contributed by atoms with Crippen molar-refractivity contribution in [3.63, 3.8) is 0 Å². The van der Waals surface area contributed by atoms with Gasteiger partial charge in [0.25, 0.3) is 0 Å². The van der Waals surface area contributed by atoms with Crippen LogP contribution in [0.2, 0.25) is 5.02 Å². The molecule has 2 aromatic rings. The molecule has 1 amide bonds. The molecule has 2 rings (SSSR count). The summed E-state index contributed by atoms with van der Waals surface area (Å²) < 4.78 is 0. The van der Waals surface area contributed by atoms with E-state index in [1.165, 1.54) is 11.8 Å². The van der Waals surface area contributed by atoms with E-state index in [4.69, 9.17) is 17.3 Å². The fraction of sp³-hybridized carbons (Fsp3) is 0.250. The zero-order valence-electron chi connectivity index (χ0n) is 10.8. The second kappa shape index (κ2) is 6.62. The van der Waals surface area contributed by atoms with Gasteiger partial charge < -0.3 is 11.1 Å². The summed E-state index contributed by atoms with van der Waals surface area (Å²) >= 11 is 7.26. The Labute approximate surface area is 125 Å². The summed E-state index contributed by atoms with van der Waals surface area (Å²) in [6.07, 6.45) is 0. The van der Waals surface area contributed by atoms with Crippen LogP contribution in [0.4, 0.5) is 5.95 Å². The van der Waals surface area contributed by atoms with Gasteiger partial charge in [-0.15, -0.1) is 5.10 Å². The van der Waals surface area contributed by atoms with Gasteiger partial charge in [-0.25, -0.2) is 5.10 Å². The van der Waals surface area contributed by atoms with Gasteiger partial charge in [-0.2, -0.15) is 4.98 Å². The fourth-order valence-corrected chi connectivity index (χ4v) is 2.45. The third-order valence-corrected chi connectivity index (χ3v) is 3.87. The predicted octanol–water partition coefficient (Wildman–Crippen LogP) is 1.84. The van der Waals surface area contributed by atoms with E-state index in [-0.39, 0.29) is 17.1 Å². The average Bonchev–Trinajstić information content (AvgIpc) is 2.82. The molecule has 6 nitrogen and oxygen atoms in total. The second-order valence-electron chi connectivity index (χ2n) is 4.07. The van der Waals surface area contributed by atoms with Crippen molar-refractivity contribution >= 4 is 35.2 Å². The van der Waals surface area contributed by atoms with Crippen LogP contribution in [-0.2, 0) is 11.3 Å². The number of benzene rings is 1. The molecule has 0 unspecified atom stereocenters. The number of nitrogens with one attached hydrogen (secondary N) is 2. The Balaban J connectivity index is 1.87. The highest BCUT2D eigenvalue weighted by Gasteiger charge is 2.16. The third-order valence-electron chi connectivity index (χ3n) is 2.54. The van der Waals surface area contributed by atoms with Gasteiger partial charge in [0.1, 0.15) is 0 Å². The maximum Gasteiger partial charge on any atom is 0.233 e. The highest BCUT2D eigenvalue weighted by molar-refractivity contribution is 8.00. The highest BCUT2D eigenvalue weighted by Crippen LogP contribution is 2.20. The summed E-state index contributed by atoms with van der Waals surface area (Å²) in [6.45, 7) is 2.17. The van der Waals surface area contributed by atoms with Gasteiger partial charge >= 0.3 is 0 Å². The van der Waals surface area contributed by atoms with Crippen LogP contribution in [0.3, 0.4) is 0 Å². The number of rotatable bonds is 5. The first kappa shape index (κ1) is 14.7. The minimum atomic E-state index is -0.326. The van der Waals surface area contributed by atoms with E-state index in [1.54, 1.807) is 13.0 Å². The summed E-state index contributed by atoms with van der Waals surface area (Å²) in [6, 6.07) is 7.38. The molecule has 0 bridgehead atoms. The molecule has 1 heterocycles. The van der Waals surface area contributed by atoms with Crippen LogP contribution < -0.4 is 11.1 Å². The molecule has 1 atom stereocenters. The normalized spacial score (nSPS) is 12.1. The number of nitrogen functional groups attached to an aromatic ring is 1. The largest absolute Gasteiger partial charge is 0.368 e. The number of hydrogen-bond acceptors (Lipinski definition) is 5. The Morgan fingerprint density at radius 1 is 1.55 bits per heavy atom. The van der Waals surface area contributed by atoms with Gasteiger partial charge in [0.05, 0.1) is 5.25 Å². The molecule has 0 fully saturated rings. The molecule has 4 N–H and O–H groups in total. The molecule has 0 aliphatic carbocycles. The lowest BCUT2D eigenvalue weighted by Gasteiger charge is -2.10. The molecule has 8 heteroatoms. The summed E-state index contributed by atoms with van der Waals surface area (Å²) in [5.41, 5.74) is 6.30. The number of carbonyl (C=O) groups excluding carboxylic acids is 1. The number of anilines is 1. The van der Waals surface area contributed by atoms with Crippen LogP contribution in [0.25, 0.3) is 0 Å². The molecular formula is C12H14ClN5OS. The Bertz CT molecular complexity index is 603. The summed E-state index contributed by atoms with van der Waals surface area (Å²) in [7, 11) is 0. The van der Waals surface area contributed by atoms with Crippen molar-refractivity contribution in [2.24, 2.45) is 0 Å². The topological polar surface area (TPSA) is 96.7 Å². The van der Waals surface area contributed by atoms with Crippen molar-refractivity contribution in [2.75, 3.05) is 5.73 Å². The van der Waals surface area contributed by atoms with Crippen LogP contribution >= 0.6 is 23.4 Å². The van der Waals surface area contributed by atoms with Gasteiger partial charge in [-0.3, -0.25) is 4.79 Å². The van der Waals surface area contributed by atoms with E-state index in [2.05, 4.69) is 20.5 Å². The molecule has 0 radical (unpaired) electrons. The predicted molar refractivity (Wildman–Crippen MR) is 79.4 cm³/mol. The molecule has 0 aliphatic rings. The summed E-state index contributed by atoms with van der Waals surface area (Å²) in [4.78, 5) is 15.9. The Kier molecular flexibility index (Phi) is 4.86. The zero-order valence-corrected chi connectivity index (χ0v) is 12.3. The number of nitrogens with two attached hydrogens (primary N) is 1. The first-order chi connectivity index (χ1) is 9.56. The van der Waals surface area contributed by atoms with Crippen molar-refractivity contribution in [3.05, 3.63) is 34.9 Å². The van der Waals surface area contributed by atoms with Gasteiger partial charge in [-0.1, -0.05) is 41.6 Å². The number of carbonyl (C=O) groups is 1. The first-order valence-corrected chi connectivity index (χ1v) is 7.17. The SMILES string of the molecule is C[C@@H](Sc1n[nH]c(N)n1)C(=O)NCc1ccccc1Cl. The van der Waals surface area contributed by atoms with Crippen molar-refractivity contribution in [1.82, 2.24) is 20.5 Å². The lowest BCUT2D eigenvalue weighted by atomic mass is 10.2. The maximum absolute atomic E-state index is 12.0. The van der Waals surface area contributed by atoms with Crippen molar-refractivity contribution in [1.29, 1.82) is 0 Å². The molecule has 0 spiro atoms. The monoisotopic (exact) mass is 311 g/mol. The standard InChI is InChI=1S/C12H14ClN5OS/c1-7(20-12-16-11(14)17-18-12)10(19)15-6-8-4-2-3-5-9(8)13/h2-5,7H,6H2,1H3,(H,15,19)(H3,14,16,17,18)/t7-/m1/s1. The lowest BCUT2D eigenvalue weighted by molar-refractivity contribution is -0.120. The van der Waals surface area contributed by atoms with Crippen molar-refractivity contribution in [3.8, 4) is 0 Å². The minimum absolute atomic E-state index is 0.113. The summed E-state index contributed by atoms with van der Waals surface area (Å²) in [5.74, 6) is 0.120. The van der Waals surface area contributed by atoms with Crippen LogP contribution in [0, 0.1) is 0 Å². The molecule has 20 heavy (non-hydrogen) atoms. The second-order valence-corrected chi connectivity index (χ2v) is 5.79. The quantitative estimate of drug-likeness (QED) is 0.732. The van der Waals surface area contributed by atoms with E-state index >= 15 is 0 Å². The van der Waals surface area contributed by atoms with E-state index in [9.17, 15) is 4.79 Å². The van der Waals surface area contributed by atoms with Gasteiger partial charge in [0.2, 0.25) is 17.0 Å². The van der Waals surface area contributed by atoms with Crippen LogP contribution in [-0.4, -0.2) is 26.3 Å². The molecule has 0 saturated heterocycles. The Morgan fingerprint density at radius 2 is 2.30 bits per heavy atom. The number of aromatic amines is 1.